The average molecular weight is 314 g/mol. The summed E-state index contributed by atoms with van der Waals surface area (Å²) in [5, 5.41) is 14.6. The molecule has 120 valence electrons. The van der Waals surface area contributed by atoms with E-state index in [4.69, 9.17) is 0 Å². The Balaban J connectivity index is 1.85. The summed E-state index contributed by atoms with van der Waals surface area (Å²) in [4.78, 5) is 25.4. The molecule has 8 nitrogen and oxygen atoms in total. The molecule has 0 bridgehead atoms. The lowest BCUT2D eigenvalue weighted by molar-refractivity contribution is -0.383. The zero-order valence-electron chi connectivity index (χ0n) is 12.7. The van der Waals surface area contributed by atoms with E-state index < -0.39 is 4.92 Å². The summed E-state index contributed by atoms with van der Waals surface area (Å²) >= 11 is 0. The van der Waals surface area contributed by atoms with Crippen molar-refractivity contribution >= 4 is 17.3 Å². The van der Waals surface area contributed by atoms with Crippen LogP contribution < -0.4 is 10.2 Å². The Labute approximate surface area is 133 Å². The van der Waals surface area contributed by atoms with Gasteiger partial charge in [0.1, 0.15) is 6.33 Å². The van der Waals surface area contributed by atoms with Gasteiger partial charge >= 0.3 is 5.69 Å². The molecular weight excluding hydrogens is 296 g/mol. The van der Waals surface area contributed by atoms with Crippen molar-refractivity contribution in [1.82, 2.24) is 15.0 Å². The Morgan fingerprint density at radius 1 is 1.26 bits per heavy atom. The molecule has 3 heterocycles. The zero-order valence-corrected chi connectivity index (χ0v) is 12.7. The van der Waals surface area contributed by atoms with Crippen LogP contribution in [0.1, 0.15) is 24.8 Å². The highest BCUT2D eigenvalue weighted by molar-refractivity contribution is 5.70. The van der Waals surface area contributed by atoms with E-state index in [-0.39, 0.29) is 11.5 Å². The fourth-order valence-electron chi connectivity index (χ4n) is 2.69. The molecule has 1 fully saturated rings. The van der Waals surface area contributed by atoms with Gasteiger partial charge in [0, 0.05) is 32.0 Å². The number of hydrogen-bond donors (Lipinski definition) is 1. The van der Waals surface area contributed by atoms with E-state index in [9.17, 15) is 10.1 Å². The Morgan fingerprint density at radius 3 is 2.78 bits per heavy atom. The average Bonchev–Trinajstić information content (AvgIpc) is 2.61. The first-order chi connectivity index (χ1) is 11.3. The van der Waals surface area contributed by atoms with Crippen molar-refractivity contribution in [2.24, 2.45) is 0 Å². The Hall–Kier alpha value is -2.77. The molecule has 2 aromatic rings. The second-order valence-electron chi connectivity index (χ2n) is 5.41. The van der Waals surface area contributed by atoms with Crippen LogP contribution in [0.15, 0.2) is 30.9 Å². The molecule has 0 atom stereocenters. The van der Waals surface area contributed by atoms with Crippen LogP contribution in [-0.2, 0) is 6.54 Å². The van der Waals surface area contributed by atoms with Gasteiger partial charge in [0.2, 0.25) is 11.6 Å². The monoisotopic (exact) mass is 314 g/mol. The quantitative estimate of drug-likeness (QED) is 0.668. The first-order valence-corrected chi connectivity index (χ1v) is 7.63. The van der Waals surface area contributed by atoms with Crippen LogP contribution in [0.25, 0.3) is 0 Å². The van der Waals surface area contributed by atoms with Crippen molar-refractivity contribution in [3.05, 3.63) is 46.5 Å². The first-order valence-electron chi connectivity index (χ1n) is 7.63. The van der Waals surface area contributed by atoms with Gasteiger partial charge in [0.15, 0.2) is 0 Å². The van der Waals surface area contributed by atoms with Crippen LogP contribution in [-0.4, -0.2) is 33.0 Å². The van der Waals surface area contributed by atoms with Gasteiger partial charge in [-0.25, -0.2) is 9.97 Å². The second kappa shape index (κ2) is 6.99. The number of piperidine rings is 1. The van der Waals surface area contributed by atoms with E-state index in [1.165, 1.54) is 6.33 Å². The van der Waals surface area contributed by atoms with Gasteiger partial charge in [-0.05, 0) is 30.9 Å². The number of anilines is 2. The molecule has 3 rings (SSSR count). The van der Waals surface area contributed by atoms with E-state index in [2.05, 4.69) is 20.3 Å². The molecule has 1 saturated heterocycles. The van der Waals surface area contributed by atoms with Gasteiger partial charge in [-0.15, -0.1) is 0 Å². The van der Waals surface area contributed by atoms with Gasteiger partial charge in [-0.3, -0.25) is 15.1 Å². The maximum atomic E-state index is 11.5. The summed E-state index contributed by atoms with van der Waals surface area (Å²) in [5.41, 5.74) is 0.873. The molecule has 1 aliphatic heterocycles. The van der Waals surface area contributed by atoms with Crippen LogP contribution in [0.5, 0.6) is 0 Å². The molecule has 0 spiro atoms. The predicted molar refractivity (Wildman–Crippen MR) is 86.3 cm³/mol. The van der Waals surface area contributed by atoms with Gasteiger partial charge in [0.25, 0.3) is 0 Å². The molecule has 1 N–H and O–H groups in total. The minimum absolute atomic E-state index is 0.0571. The van der Waals surface area contributed by atoms with Crippen LogP contribution in [0.3, 0.4) is 0 Å². The lowest BCUT2D eigenvalue weighted by Crippen LogP contribution is -2.31. The second-order valence-corrected chi connectivity index (χ2v) is 5.41. The third-order valence-corrected chi connectivity index (χ3v) is 3.82. The van der Waals surface area contributed by atoms with E-state index in [1.54, 1.807) is 12.4 Å². The Bertz CT molecular complexity index is 673. The normalized spacial score (nSPS) is 14.5. The fraction of sp³-hybridized carbons (Fsp3) is 0.400. The number of nitro groups is 1. The number of rotatable bonds is 5. The molecule has 0 aromatic carbocycles. The Morgan fingerprint density at radius 2 is 2.09 bits per heavy atom. The topological polar surface area (TPSA) is 97.1 Å². The maximum absolute atomic E-state index is 11.5. The standard InChI is InChI=1S/C15H18N6O2/c22-21(23)13-14(17-10-12-5-4-6-16-9-12)18-11-19-15(13)20-7-2-1-3-8-20/h4-6,9,11H,1-3,7-8,10H2,(H,17,18,19). The third-order valence-electron chi connectivity index (χ3n) is 3.82. The highest BCUT2D eigenvalue weighted by atomic mass is 16.6. The Kier molecular flexibility index (Phi) is 4.60. The largest absolute Gasteiger partial charge is 0.360 e. The highest BCUT2D eigenvalue weighted by Crippen LogP contribution is 2.33. The summed E-state index contributed by atoms with van der Waals surface area (Å²) < 4.78 is 0. The van der Waals surface area contributed by atoms with Crippen molar-refractivity contribution < 1.29 is 4.92 Å². The molecule has 0 unspecified atom stereocenters. The summed E-state index contributed by atoms with van der Waals surface area (Å²) in [6, 6.07) is 3.73. The van der Waals surface area contributed by atoms with Gasteiger partial charge in [-0.1, -0.05) is 6.07 Å². The van der Waals surface area contributed by atoms with Gasteiger partial charge in [-0.2, -0.15) is 0 Å². The minimum atomic E-state index is -0.407. The molecule has 8 heteroatoms. The third kappa shape index (κ3) is 3.53. The minimum Gasteiger partial charge on any atom is -0.360 e. The maximum Gasteiger partial charge on any atom is 0.353 e. The van der Waals surface area contributed by atoms with Crippen molar-refractivity contribution in [3.8, 4) is 0 Å². The van der Waals surface area contributed by atoms with Gasteiger partial charge < -0.3 is 10.2 Å². The molecule has 0 amide bonds. The summed E-state index contributed by atoms with van der Waals surface area (Å²) in [7, 11) is 0. The number of nitrogens with one attached hydrogen (secondary N) is 1. The van der Waals surface area contributed by atoms with Crippen LogP contribution in [0.2, 0.25) is 0 Å². The number of nitrogens with zero attached hydrogens (tertiary/aromatic N) is 5. The van der Waals surface area contributed by atoms with E-state index in [1.807, 2.05) is 17.0 Å². The highest BCUT2D eigenvalue weighted by Gasteiger charge is 2.27. The van der Waals surface area contributed by atoms with Crippen LogP contribution in [0, 0.1) is 10.1 Å². The lowest BCUT2D eigenvalue weighted by atomic mass is 10.1. The van der Waals surface area contributed by atoms with Crippen LogP contribution >= 0.6 is 0 Å². The summed E-state index contributed by atoms with van der Waals surface area (Å²) in [5.74, 6) is 0.646. The number of hydrogen-bond acceptors (Lipinski definition) is 7. The van der Waals surface area contributed by atoms with Crippen LogP contribution in [0.4, 0.5) is 17.3 Å². The molecule has 2 aromatic heterocycles. The molecule has 0 aliphatic carbocycles. The van der Waals surface area contributed by atoms with Crippen molar-refractivity contribution in [2.45, 2.75) is 25.8 Å². The van der Waals surface area contributed by atoms with Gasteiger partial charge in [0.05, 0.1) is 4.92 Å². The summed E-state index contributed by atoms with van der Waals surface area (Å²) in [6.07, 6.45) is 7.99. The SMILES string of the molecule is O=[N+]([O-])c1c(NCc2cccnc2)ncnc1N1CCCCC1. The van der Waals surface area contributed by atoms with E-state index >= 15 is 0 Å². The molecular formula is C15H18N6O2. The van der Waals surface area contributed by atoms with E-state index in [0.717, 1.165) is 37.9 Å². The van der Waals surface area contributed by atoms with E-state index in [0.29, 0.717) is 12.4 Å². The van der Waals surface area contributed by atoms with Crippen molar-refractivity contribution in [1.29, 1.82) is 0 Å². The molecule has 0 radical (unpaired) electrons. The first kappa shape index (κ1) is 15.1. The molecule has 23 heavy (non-hydrogen) atoms. The number of pyridine rings is 1. The zero-order chi connectivity index (χ0) is 16.1. The number of aromatic nitrogens is 3. The lowest BCUT2D eigenvalue weighted by Gasteiger charge is -2.27. The smallest absolute Gasteiger partial charge is 0.353 e. The van der Waals surface area contributed by atoms with Crippen molar-refractivity contribution in [2.75, 3.05) is 23.3 Å². The summed E-state index contributed by atoms with van der Waals surface area (Å²) in [6.45, 7) is 2.00. The predicted octanol–water partition coefficient (Wildman–Crippen LogP) is 2.38. The van der Waals surface area contributed by atoms with Crippen molar-refractivity contribution in [3.63, 3.8) is 0 Å². The molecule has 1 aliphatic rings. The molecule has 0 saturated carbocycles. The fourth-order valence-corrected chi connectivity index (χ4v) is 2.69.